The highest BCUT2D eigenvalue weighted by Crippen LogP contribution is 2.44. The minimum atomic E-state index is -0.961. The summed E-state index contributed by atoms with van der Waals surface area (Å²) in [7, 11) is 0. The molecule has 144 valence electrons. The molecule has 0 aromatic heterocycles. The first-order valence-corrected chi connectivity index (χ1v) is 9.82. The van der Waals surface area contributed by atoms with Crippen LogP contribution in [0.4, 0.5) is 5.69 Å². The molecule has 4 rings (SSSR count). The number of carbonyl (C=O) groups excluding carboxylic acids is 2. The van der Waals surface area contributed by atoms with E-state index in [1.54, 1.807) is 0 Å². The zero-order valence-corrected chi connectivity index (χ0v) is 16.2. The second-order valence-electron chi connectivity index (χ2n) is 7.98. The molecule has 0 saturated heterocycles. The molecule has 28 heavy (non-hydrogen) atoms. The van der Waals surface area contributed by atoms with E-state index in [1.807, 2.05) is 62.4 Å². The summed E-state index contributed by atoms with van der Waals surface area (Å²) in [4.78, 5) is 25.9. The molecular weight excluding hydrogens is 350 g/mol. The number of hydrogen-bond acceptors (Lipinski definition) is 3. The highest BCUT2D eigenvalue weighted by molar-refractivity contribution is 5.96. The van der Waals surface area contributed by atoms with Crippen molar-refractivity contribution in [2.45, 2.75) is 32.8 Å². The van der Waals surface area contributed by atoms with Gasteiger partial charge in [-0.25, -0.2) is 0 Å². The van der Waals surface area contributed by atoms with Gasteiger partial charge in [0.25, 0.3) is 5.91 Å². The van der Waals surface area contributed by atoms with Crippen molar-refractivity contribution < 1.29 is 14.3 Å². The minimum absolute atomic E-state index is 0.143. The number of fused-ring (bicyclic) bond motifs is 2. The number of anilines is 1. The van der Waals surface area contributed by atoms with Gasteiger partial charge in [0.2, 0.25) is 6.10 Å². The maximum atomic E-state index is 13.0. The molecule has 1 amide bonds. The van der Waals surface area contributed by atoms with Crippen molar-refractivity contribution in [2.75, 3.05) is 5.32 Å². The first kappa shape index (κ1) is 18.5. The van der Waals surface area contributed by atoms with Crippen molar-refractivity contribution in [2.24, 2.45) is 17.8 Å². The normalized spacial score (nSPS) is 23.4. The molecule has 0 heterocycles. The molecule has 1 saturated carbocycles. The van der Waals surface area contributed by atoms with E-state index in [9.17, 15) is 9.59 Å². The second-order valence-corrected chi connectivity index (χ2v) is 7.98. The first-order valence-electron chi connectivity index (χ1n) is 9.82. The maximum absolute atomic E-state index is 13.0. The lowest BCUT2D eigenvalue weighted by molar-refractivity contribution is -0.159. The number of aryl methyl sites for hydroxylation is 2. The molecule has 2 aliphatic rings. The van der Waals surface area contributed by atoms with E-state index in [1.165, 1.54) is 0 Å². The van der Waals surface area contributed by atoms with Crippen molar-refractivity contribution in [3.05, 3.63) is 77.4 Å². The van der Waals surface area contributed by atoms with Gasteiger partial charge >= 0.3 is 5.97 Å². The van der Waals surface area contributed by atoms with Crippen LogP contribution in [0, 0.1) is 31.6 Å². The summed E-state index contributed by atoms with van der Waals surface area (Å²) >= 11 is 0. The van der Waals surface area contributed by atoms with Gasteiger partial charge in [-0.3, -0.25) is 9.59 Å². The van der Waals surface area contributed by atoms with Crippen LogP contribution in [0.2, 0.25) is 0 Å². The van der Waals surface area contributed by atoms with Gasteiger partial charge < -0.3 is 10.1 Å². The van der Waals surface area contributed by atoms with E-state index in [0.717, 1.165) is 24.0 Å². The predicted octanol–water partition coefficient (Wildman–Crippen LogP) is 4.74. The molecule has 4 atom stereocenters. The highest BCUT2D eigenvalue weighted by atomic mass is 16.5. The van der Waals surface area contributed by atoms with E-state index in [-0.39, 0.29) is 23.7 Å². The lowest BCUT2D eigenvalue weighted by Gasteiger charge is -2.22. The van der Waals surface area contributed by atoms with Gasteiger partial charge in [0.05, 0.1) is 5.92 Å². The molecule has 2 aromatic rings. The average Bonchev–Trinajstić information content (AvgIpc) is 3.29. The molecule has 1 N–H and O–H groups in total. The van der Waals surface area contributed by atoms with Crippen LogP contribution in [0.15, 0.2) is 60.7 Å². The molecule has 4 nitrogen and oxygen atoms in total. The molecule has 0 radical (unpaired) electrons. The Morgan fingerprint density at radius 1 is 1.00 bits per heavy atom. The fourth-order valence-corrected chi connectivity index (χ4v) is 4.41. The zero-order valence-electron chi connectivity index (χ0n) is 16.2. The molecule has 0 aliphatic heterocycles. The summed E-state index contributed by atoms with van der Waals surface area (Å²) in [5.74, 6) is -0.0296. The Bertz CT molecular complexity index is 898. The number of benzene rings is 2. The Hall–Kier alpha value is -2.88. The summed E-state index contributed by atoms with van der Waals surface area (Å²) in [6.45, 7) is 3.97. The third-order valence-corrected chi connectivity index (χ3v) is 5.65. The highest BCUT2D eigenvalue weighted by Gasteiger charge is 2.42. The molecule has 1 fully saturated rings. The van der Waals surface area contributed by atoms with E-state index in [0.29, 0.717) is 17.2 Å². The predicted molar refractivity (Wildman–Crippen MR) is 109 cm³/mol. The van der Waals surface area contributed by atoms with Crippen LogP contribution in [0.1, 0.15) is 35.6 Å². The number of carbonyl (C=O) groups is 2. The van der Waals surface area contributed by atoms with Gasteiger partial charge in [-0.15, -0.1) is 0 Å². The van der Waals surface area contributed by atoms with Crippen LogP contribution in [0.3, 0.4) is 0 Å². The molecule has 2 aliphatic carbocycles. The van der Waals surface area contributed by atoms with Crippen LogP contribution in [-0.4, -0.2) is 11.9 Å². The largest absolute Gasteiger partial charge is 0.447 e. The summed E-state index contributed by atoms with van der Waals surface area (Å²) in [5, 5.41) is 2.92. The smallest absolute Gasteiger partial charge is 0.310 e. The van der Waals surface area contributed by atoms with Gasteiger partial charge in [-0.05, 0) is 61.8 Å². The van der Waals surface area contributed by atoms with Gasteiger partial charge in [0.1, 0.15) is 0 Å². The molecule has 0 spiro atoms. The molecule has 2 bridgehead atoms. The Balaban J connectivity index is 1.54. The van der Waals surface area contributed by atoms with Crippen LogP contribution in [0.5, 0.6) is 0 Å². The van der Waals surface area contributed by atoms with Gasteiger partial charge in [0.15, 0.2) is 0 Å². The van der Waals surface area contributed by atoms with Crippen molar-refractivity contribution in [3.8, 4) is 0 Å². The number of allylic oxidation sites excluding steroid dienone is 2. The molecule has 4 heteroatoms. The lowest BCUT2D eigenvalue weighted by Crippen LogP contribution is -2.30. The van der Waals surface area contributed by atoms with Gasteiger partial charge in [-0.1, -0.05) is 48.6 Å². The van der Waals surface area contributed by atoms with E-state index >= 15 is 0 Å². The summed E-state index contributed by atoms with van der Waals surface area (Å²) in [6.07, 6.45) is 5.19. The van der Waals surface area contributed by atoms with Crippen LogP contribution < -0.4 is 5.32 Å². The third-order valence-electron chi connectivity index (χ3n) is 5.65. The van der Waals surface area contributed by atoms with Crippen LogP contribution in [-0.2, 0) is 14.3 Å². The van der Waals surface area contributed by atoms with Gasteiger partial charge in [-0.2, -0.15) is 0 Å². The van der Waals surface area contributed by atoms with Crippen LogP contribution >= 0.6 is 0 Å². The van der Waals surface area contributed by atoms with Crippen molar-refractivity contribution in [1.82, 2.24) is 0 Å². The monoisotopic (exact) mass is 375 g/mol. The zero-order chi connectivity index (χ0) is 19.7. The van der Waals surface area contributed by atoms with Crippen molar-refractivity contribution in [1.29, 1.82) is 0 Å². The fourth-order valence-electron chi connectivity index (χ4n) is 4.41. The topological polar surface area (TPSA) is 55.4 Å². The van der Waals surface area contributed by atoms with E-state index in [2.05, 4.69) is 17.5 Å². The summed E-state index contributed by atoms with van der Waals surface area (Å²) in [6, 6.07) is 15.1. The Morgan fingerprint density at radius 2 is 1.71 bits per heavy atom. The Kier molecular flexibility index (Phi) is 5.03. The number of hydrogen-bond donors (Lipinski definition) is 1. The Morgan fingerprint density at radius 3 is 2.32 bits per heavy atom. The quantitative estimate of drug-likeness (QED) is 0.607. The molecule has 2 aromatic carbocycles. The SMILES string of the molecule is Cc1cc(C)cc(NC(=O)[C@@H](OC(=O)[C@H]2C[C@H]3C=C[C@H]2C3)c2ccccc2)c1. The summed E-state index contributed by atoms with van der Waals surface area (Å²) < 4.78 is 5.78. The molecular formula is C24H25NO3. The number of esters is 1. The summed E-state index contributed by atoms with van der Waals surface area (Å²) in [5.41, 5.74) is 3.52. The third kappa shape index (κ3) is 3.86. The van der Waals surface area contributed by atoms with Crippen molar-refractivity contribution >= 4 is 17.6 Å². The number of ether oxygens (including phenoxy) is 1. The number of amides is 1. The maximum Gasteiger partial charge on any atom is 0.310 e. The minimum Gasteiger partial charge on any atom is -0.447 e. The van der Waals surface area contributed by atoms with Crippen molar-refractivity contribution in [3.63, 3.8) is 0 Å². The standard InChI is InChI=1S/C24H25NO3/c1-15-10-16(2)12-20(11-15)25-23(26)22(18-6-4-3-5-7-18)28-24(27)21-14-17-8-9-19(21)13-17/h3-12,17,19,21-22H,13-14H2,1-2H3,(H,25,26)/t17-,19-,21-,22-/m0/s1. The average molecular weight is 375 g/mol. The second kappa shape index (κ2) is 7.63. The van der Waals surface area contributed by atoms with E-state index < -0.39 is 6.10 Å². The van der Waals surface area contributed by atoms with Crippen LogP contribution in [0.25, 0.3) is 0 Å². The Labute approximate surface area is 165 Å². The first-order chi connectivity index (χ1) is 13.5. The lowest BCUT2D eigenvalue weighted by atomic mass is 9.93. The molecule has 0 unspecified atom stereocenters. The number of rotatable bonds is 5. The van der Waals surface area contributed by atoms with E-state index in [4.69, 9.17) is 4.74 Å². The fraction of sp³-hybridized carbons (Fsp3) is 0.333. The van der Waals surface area contributed by atoms with Gasteiger partial charge in [0, 0.05) is 11.3 Å². The number of nitrogens with one attached hydrogen (secondary N) is 1.